The zero-order valence-electron chi connectivity index (χ0n) is 20.0. The molecule has 0 radical (unpaired) electrons. The van der Waals surface area contributed by atoms with Crippen molar-refractivity contribution in [2.24, 2.45) is 0 Å². The molecule has 1 N–H and O–H groups in total. The van der Waals surface area contributed by atoms with Gasteiger partial charge in [0.05, 0.1) is 23.7 Å². The zero-order chi connectivity index (χ0) is 25.9. The summed E-state index contributed by atoms with van der Waals surface area (Å²) in [6.45, 7) is 1.56. The van der Waals surface area contributed by atoms with E-state index in [-0.39, 0.29) is 31.4 Å². The molecule has 0 spiro atoms. The summed E-state index contributed by atoms with van der Waals surface area (Å²) in [6, 6.07) is 23.6. The van der Waals surface area contributed by atoms with Crippen LogP contribution in [0.3, 0.4) is 0 Å². The predicted octanol–water partition coefficient (Wildman–Crippen LogP) is 5.73. The Morgan fingerprint density at radius 1 is 1.00 bits per heavy atom. The van der Waals surface area contributed by atoms with Crippen molar-refractivity contribution >= 4 is 29.2 Å². The van der Waals surface area contributed by atoms with E-state index in [4.69, 9.17) is 26.1 Å². The molecule has 7 nitrogen and oxygen atoms in total. The molecular formula is C29H23ClN2O5. The van der Waals surface area contributed by atoms with Gasteiger partial charge in [-0.2, -0.15) is 0 Å². The molecule has 8 heteroatoms. The third-order valence-electron chi connectivity index (χ3n) is 5.97. The van der Waals surface area contributed by atoms with Crippen molar-refractivity contribution in [3.63, 3.8) is 0 Å². The molecule has 0 bridgehead atoms. The monoisotopic (exact) mass is 514 g/mol. The van der Waals surface area contributed by atoms with E-state index in [1.165, 1.54) is 4.90 Å². The van der Waals surface area contributed by atoms with E-state index in [0.29, 0.717) is 39.0 Å². The number of para-hydroxylation sites is 1. The number of benzene rings is 3. The number of fused-ring (bicyclic) bond motifs is 1. The number of hydrogen-bond donors (Lipinski definition) is 1. The molecule has 3 aromatic carbocycles. The third-order valence-corrected chi connectivity index (χ3v) is 6.22. The van der Waals surface area contributed by atoms with Crippen molar-refractivity contribution in [1.29, 1.82) is 0 Å². The lowest BCUT2D eigenvalue weighted by Crippen LogP contribution is -2.42. The van der Waals surface area contributed by atoms with Crippen LogP contribution < -0.4 is 9.64 Å². The van der Waals surface area contributed by atoms with E-state index >= 15 is 0 Å². The summed E-state index contributed by atoms with van der Waals surface area (Å²) in [5.41, 5.74) is 4.73. The number of anilines is 1. The first kappa shape index (κ1) is 24.3. The standard InChI is InChI=1S/C29H23ClN2O5/c1-2-36-29(35)16-32-25-15-19(9-12-27(25)37-17-28(32)34)24-14-20(22-5-3-4-6-26(22)33)13-23(31-24)18-7-10-21(30)11-8-18/h3-15,33H,2,16-17H2,1H3. The molecule has 0 unspecified atom stereocenters. The summed E-state index contributed by atoms with van der Waals surface area (Å²) < 4.78 is 10.7. The van der Waals surface area contributed by atoms with Crippen LogP contribution in [0.25, 0.3) is 33.6 Å². The molecule has 186 valence electrons. The Labute approximate surface area is 218 Å². The lowest BCUT2D eigenvalue weighted by molar-refractivity contribution is -0.142. The van der Waals surface area contributed by atoms with Gasteiger partial charge in [0.25, 0.3) is 5.91 Å². The van der Waals surface area contributed by atoms with Crippen LogP contribution in [0.1, 0.15) is 6.92 Å². The number of amides is 1. The fraction of sp³-hybridized carbons (Fsp3) is 0.138. The molecule has 0 saturated heterocycles. The molecule has 1 aliphatic rings. The number of phenolic OH excluding ortho intramolecular Hbond substituents is 1. The van der Waals surface area contributed by atoms with Gasteiger partial charge in [0, 0.05) is 21.7 Å². The zero-order valence-corrected chi connectivity index (χ0v) is 20.7. The van der Waals surface area contributed by atoms with Crippen molar-refractivity contribution in [3.05, 3.63) is 83.9 Å². The minimum absolute atomic E-state index is 0.145. The molecule has 0 fully saturated rings. The van der Waals surface area contributed by atoms with E-state index < -0.39 is 5.97 Å². The van der Waals surface area contributed by atoms with Crippen LogP contribution in [0, 0.1) is 0 Å². The second-order valence-electron chi connectivity index (χ2n) is 8.41. The van der Waals surface area contributed by atoms with Gasteiger partial charge >= 0.3 is 5.97 Å². The molecule has 1 aromatic heterocycles. The topological polar surface area (TPSA) is 89.0 Å². The van der Waals surface area contributed by atoms with Gasteiger partial charge in [-0.3, -0.25) is 14.5 Å². The summed E-state index contributed by atoms with van der Waals surface area (Å²) >= 11 is 6.09. The number of aromatic hydroxyl groups is 1. The molecule has 1 amide bonds. The Kier molecular flexibility index (Phi) is 6.79. The summed E-state index contributed by atoms with van der Waals surface area (Å²) in [7, 11) is 0. The molecular weight excluding hydrogens is 492 g/mol. The average molecular weight is 515 g/mol. The van der Waals surface area contributed by atoms with Gasteiger partial charge in [-0.25, -0.2) is 4.98 Å². The smallest absolute Gasteiger partial charge is 0.326 e. The number of phenols is 1. The van der Waals surface area contributed by atoms with Crippen LogP contribution in [-0.2, 0) is 14.3 Å². The number of esters is 1. The second-order valence-corrected chi connectivity index (χ2v) is 8.84. The number of pyridine rings is 1. The normalized spacial score (nSPS) is 12.6. The van der Waals surface area contributed by atoms with Gasteiger partial charge in [0.15, 0.2) is 6.61 Å². The van der Waals surface area contributed by atoms with Gasteiger partial charge in [-0.1, -0.05) is 41.9 Å². The fourth-order valence-corrected chi connectivity index (χ4v) is 4.32. The van der Waals surface area contributed by atoms with Crippen LogP contribution >= 0.6 is 11.6 Å². The van der Waals surface area contributed by atoms with E-state index in [2.05, 4.69) is 0 Å². The number of aromatic nitrogens is 1. The highest BCUT2D eigenvalue weighted by Crippen LogP contribution is 2.38. The van der Waals surface area contributed by atoms with Crippen molar-refractivity contribution < 1.29 is 24.2 Å². The molecule has 1 aliphatic heterocycles. The first-order valence-corrected chi connectivity index (χ1v) is 12.1. The van der Waals surface area contributed by atoms with Gasteiger partial charge in [-0.15, -0.1) is 0 Å². The maximum Gasteiger partial charge on any atom is 0.326 e. The Balaban J connectivity index is 1.63. The first-order valence-electron chi connectivity index (χ1n) is 11.7. The minimum atomic E-state index is -0.501. The molecule has 4 aromatic rings. The van der Waals surface area contributed by atoms with Crippen molar-refractivity contribution in [2.45, 2.75) is 6.92 Å². The van der Waals surface area contributed by atoms with E-state index in [1.807, 2.05) is 42.5 Å². The molecule has 37 heavy (non-hydrogen) atoms. The molecule has 5 rings (SSSR count). The number of nitrogens with zero attached hydrogens (tertiary/aromatic N) is 2. The Morgan fingerprint density at radius 2 is 1.70 bits per heavy atom. The fourth-order valence-electron chi connectivity index (χ4n) is 4.19. The summed E-state index contributed by atoms with van der Waals surface area (Å²) in [5, 5.41) is 11.1. The van der Waals surface area contributed by atoms with Gasteiger partial charge < -0.3 is 14.6 Å². The molecule has 0 aliphatic carbocycles. The lowest BCUT2D eigenvalue weighted by Gasteiger charge is -2.29. The first-order chi connectivity index (χ1) is 17.9. The van der Waals surface area contributed by atoms with Crippen LogP contribution in [0.5, 0.6) is 11.5 Å². The van der Waals surface area contributed by atoms with E-state index in [9.17, 15) is 14.7 Å². The highest BCUT2D eigenvalue weighted by Gasteiger charge is 2.28. The number of ether oxygens (including phenoxy) is 2. The summed E-state index contributed by atoms with van der Waals surface area (Å²) in [5.74, 6) is -0.205. The highest BCUT2D eigenvalue weighted by atomic mass is 35.5. The van der Waals surface area contributed by atoms with Gasteiger partial charge in [-0.05, 0) is 61.0 Å². The number of carbonyl (C=O) groups is 2. The molecule has 0 atom stereocenters. The van der Waals surface area contributed by atoms with Gasteiger partial charge in [0.1, 0.15) is 18.0 Å². The van der Waals surface area contributed by atoms with Crippen molar-refractivity contribution in [2.75, 3.05) is 24.7 Å². The molecule has 0 saturated carbocycles. The maximum absolute atomic E-state index is 12.6. The minimum Gasteiger partial charge on any atom is -0.507 e. The average Bonchev–Trinajstić information content (AvgIpc) is 2.90. The Bertz CT molecular complexity index is 1490. The van der Waals surface area contributed by atoms with Crippen LogP contribution in [-0.4, -0.2) is 41.7 Å². The van der Waals surface area contributed by atoms with Crippen LogP contribution in [0.4, 0.5) is 5.69 Å². The number of hydrogen-bond acceptors (Lipinski definition) is 6. The highest BCUT2D eigenvalue weighted by molar-refractivity contribution is 6.30. The van der Waals surface area contributed by atoms with Crippen molar-refractivity contribution in [3.8, 4) is 45.1 Å². The Morgan fingerprint density at radius 3 is 2.43 bits per heavy atom. The largest absolute Gasteiger partial charge is 0.507 e. The number of halogens is 1. The SMILES string of the molecule is CCOC(=O)CN1C(=O)COc2ccc(-c3cc(-c4ccccc4O)cc(-c4ccc(Cl)cc4)n3)cc21. The Hall–Kier alpha value is -4.36. The summed E-state index contributed by atoms with van der Waals surface area (Å²) in [4.78, 5) is 31.1. The maximum atomic E-state index is 12.6. The predicted molar refractivity (Wildman–Crippen MR) is 142 cm³/mol. The van der Waals surface area contributed by atoms with Crippen molar-refractivity contribution in [1.82, 2.24) is 4.98 Å². The van der Waals surface area contributed by atoms with E-state index in [1.54, 1.807) is 43.3 Å². The number of rotatable bonds is 6. The summed E-state index contributed by atoms with van der Waals surface area (Å²) in [6.07, 6.45) is 0. The van der Waals surface area contributed by atoms with Crippen LogP contribution in [0.15, 0.2) is 78.9 Å². The molecule has 2 heterocycles. The second kappa shape index (κ2) is 10.3. The lowest BCUT2D eigenvalue weighted by atomic mass is 9.99. The van der Waals surface area contributed by atoms with Gasteiger partial charge in [0.2, 0.25) is 0 Å². The van der Waals surface area contributed by atoms with Crippen LogP contribution in [0.2, 0.25) is 5.02 Å². The quantitative estimate of drug-likeness (QED) is 0.330. The number of carbonyl (C=O) groups excluding carboxylic acids is 2. The third kappa shape index (κ3) is 5.13. The van der Waals surface area contributed by atoms with E-state index in [0.717, 1.165) is 11.1 Å².